The van der Waals surface area contributed by atoms with Gasteiger partial charge in [0.15, 0.2) is 17.7 Å². The van der Waals surface area contributed by atoms with Crippen molar-refractivity contribution >= 4 is 11.9 Å². The van der Waals surface area contributed by atoms with Crippen molar-refractivity contribution in [1.29, 1.82) is 0 Å². The highest BCUT2D eigenvalue weighted by Crippen LogP contribution is 2.15. The van der Waals surface area contributed by atoms with E-state index in [1.165, 1.54) is 17.0 Å². The maximum atomic E-state index is 13.5. The molecule has 1 atom stereocenters. The van der Waals surface area contributed by atoms with Crippen LogP contribution >= 0.6 is 0 Å². The summed E-state index contributed by atoms with van der Waals surface area (Å²) in [6, 6.07) is 2.75. The van der Waals surface area contributed by atoms with Crippen molar-refractivity contribution in [2.45, 2.75) is 18.9 Å². The maximum absolute atomic E-state index is 13.5. The lowest BCUT2D eigenvalue weighted by Crippen LogP contribution is -2.52. The predicted octanol–water partition coefficient (Wildman–Crippen LogP) is 1.21. The molecule has 0 aromatic heterocycles. The maximum Gasteiger partial charge on any atom is 0.328 e. The molecule has 1 aromatic carbocycles. The second-order valence-corrected chi connectivity index (χ2v) is 4.73. The van der Waals surface area contributed by atoms with Crippen LogP contribution in [0.1, 0.15) is 12.0 Å². The van der Waals surface area contributed by atoms with Gasteiger partial charge in [-0.15, -0.1) is 0 Å². The zero-order valence-electron chi connectivity index (χ0n) is 11.2. The van der Waals surface area contributed by atoms with Gasteiger partial charge >= 0.3 is 5.97 Å². The molecule has 1 N–H and O–H groups in total. The normalized spacial score (nSPS) is 18.6. The first-order chi connectivity index (χ1) is 10.0. The summed E-state index contributed by atoms with van der Waals surface area (Å²) in [5, 5.41) is 9.04. The number of carbonyl (C=O) groups is 2. The van der Waals surface area contributed by atoms with E-state index in [4.69, 9.17) is 9.84 Å². The van der Waals surface area contributed by atoms with Gasteiger partial charge in [0.1, 0.15) is 0 Å². The number of morpholine rings is 1. The number of aryl methyl sites for hydroxylation is 1. The van der Waals surface area contributed by atoms with Crippen molar-refractivity contribution in [2.75, 3.05) is 19.8 Å². The zero-order chi connectivity index (χ0) is 15.4. The van der Waals surface area contributed by atoms with Gasteiger partial charge in [-0.05, 0) is 18.1 Å². The fourth-order valence-electron chi connectivity index (χ4n) is 2.23. The minimum atomic E-state index is -1.14. The Morgan fingerprint density at radius 2 is 2.14 bits per heavy atom. The highest BCUT2D eigenvalue weighted by atomic mass is 19.2. The van der Waals surface area contributed by atoms with Crippen LogP contribution in [0.5, 0.6) is 0 Å². The molecule has 2 rings (SSSR count). The van der Waals surface area contributed by atoms with Crippen LogP contribution in [0, 0.1) is 11.6 Å². The third kappa shape index (κ3) is 3.55. The van der Waals surface area contributed by atoms with E-state index in [1.807, 2.05) is 0 Å². The summed E-state index contributed by atoms with van der Waals surface area (Å²) in [6.07, 6.45) is -0.0592. The Balaban J connectivity index is 2.00. The number of benzene rings is 1. The molecule has 1 saturated heterocycles. The Morgan fingerprint density at radius 3 is 2.86 bits per heavy atom. The highest BCUT2D eigenvalue weighted by molar-refractivity contribution is 5.84. The Hall–Kier alpha value is -2.02. The summed E-state index contributed by atoms with van der Waals surface area (Å²) in [5.41, 5.74) is 0.100. The standard InChI is InChI=1S/C14H15F2NO4/c15-10-3-1-2-9(13(10)16)4-5-12(18)17-6-7-21-8-11(17)14(19)20/h1-3,11H,4-8H2,(H,19,20)/t11-/m1/s1. The van der Waals surface area contributed by atoms with Crippen LogP contribution in [0.4, 0.5) is 8.78 Å². The number of nitrogens with zero attached hydrogens (tertiary/aromatic N) is 1. The lowest BCUT2D eigenvalue weighted by molar-refractivity contribution is -0.158. The molecule has 1 amide bonds. The molecule has 0 saturated carbocycles. The molecule has 5 nitrogen and oxygen atoms in total. The van der Waals surface area contributed by atoms with E-state index >= 15 is 0 Å². The molecule has 0 bridgehead atoms. The van der Waals surface area contributed by atoms with Crippen molar-refractivity contribution in [1.82, 2.24) is 4.90 Å². The highest BCUT2D eigenvalue weighted by Gasteiger charge is 2.32. The number of carboxylic acid groups (broad SMARTS) is 1. The number of rotatable bonds is 4. The molecule has 1 fully saturated rings. The van der Waals surface area contributed by atoms with Crippen LogP contribution in [0.3, 0.4) is 0 Å². The molecule has 114 valence electrons. The molecule has 0 radical (unpaired) electrons. The monoisotopic (exact) mass is 299 g/mol. The van der Waals surface area contributed by atoms with Gasteiger partial charge < -0.3 is 14.7 Å². The summed E-state index contributed by atoms with van der Waals surface area (Å²) in [7, 11) is 0. The number of hydrogen-bond donors (Lipinski definition) is 1. The lowest BCUT2D eigenvalue weighted by Gasteiger charge is -2.32. The van der Waals surface area contributed by atoms with Crippen molar-refractivity contribution in [3.8, 4) is 0 Å². The van der Waals surface area contributed by atoms with Crippen LogP contribution in [-0.2, 0) is 20.7 Å². The number of hydrogen-bond acceptors (Lipinski definition) is 3. The van der Waals surface area contributed by atoms with Gasteiger partial charge in [0.25, 0.3) is 0 Å². The van der Waals surface area contributed by atoms with E-state index in [2.05, 4.69) is 0 Å². The summed E-state index contributed by atoms with van der Waals surface area (Å²) >= 11 is 0. The average molecular weight is 299 g/mol. The number of amides is 1. The van der Waals surface area contributed by atoms with Crippen molar-refractivity contribution in [3.05, 3.63) is 35.4 Å². The molecule has 7 heteroatoms. The zero-order valence-corrected chi connectivity index (χ0v) is 11.2. The van der Waals surface area contributed by atoms with E-state index in [-0.39, 0.29) is 38.2 Å². The number of carbonyl (C=O) groups excluding carboxylic acids is 1. The van der Waals surface area contributed by atoms with Gasteiger partial charge in [-0.1, -0.05) is 12.1 Å². The fraction of sp³-hybridized carbons (Fsp3) is 0.429. The first kappa shape index (κ1) is 15.4. The van der Waals surface area contributed by atoms with Gasteiger partial charge in [-0.3, -0.25) is 4.79 Å². The van der Waals surface area contributed by atoms with Gasteiger partial charge in [-0.25, -0.2) is 13.6 Å². The van der Waals surface area contributed by atoms with Crippen LogP contribution in [0.15, 0.2) is 18.2 Å². The summed E-state index contributed by atoms with van der Waals surface area (Å²) < 4.78 is 31.6. The predicted molar refractivity (Wildman–Crippen MR) is 68.6 cm³/mol. The second kappa shape index (κ2) is 6.62. The van der Waals surface area contributed by atoms with E-state index in [9.17, 15) is 18.4 Å². The Morgan fingerprint density at radius 1 is 1.38 bits per heavy atom. The summed E-state index contributed by atoms with van der Waals surface area (Å²) in [5.74, 6) is -3.48. The van der Waals surface area contributed by atoms with Crippen LogP contribution < -0.4 is 0 Å². The SMILES string of the molecule is O=C(O)[C@H]1COCCN1C(=O)CCc1cccc(F)c1F. The van der Waals surface area contributed by atoms with Crippen LogP contribution in [-0.4, -0.2) is 47.7 Å². The minimum absolute atomic E-state index is 0.0200. The van der Waals surface area contributed by atoms with Crippen LogP contribution in [0.25, 0.3) is 0 Å². The first-order valence-electron chi connectivity index (χ1n) is 6.53. The molecule has 0 unspecified atom stereocenters. The van der Waals surface area contributed by atoms with Gasteiger partial charge in [0.05, 0.1) is 13.2 Å². The van der Waals surface area contributed by atoms with Gasteiger partial charge in [-0.2, -0.15) is 0 Å². The van der Waals surface area contributed by atoms with Gasteiger partial charge in [0, 0.05) is 13.0 Å². The topological polar surface area (TPSA) is 66.8 Å². The third-order valence-corrected chi connectivity index (χ3v) is 3.37. The Kier molecular flexibility index (Phi) is 4.85. The second-order valence-electron chi connectivity index (χ2n) is 4.73. The Labute approximate surface area is 120 Å². The van der Waals surface area contributed by atoms with E-state index < -0.39 is 29.6 Å². The molecule has 21 heavy (non-hydrogen) atoms. The van der Waals surface area contributed by atoms with Gasteiger partial charge in [0.2, 0.25) is 5.91 Å². The van der Waals surface area contributed by atoms with E-state index in [0.29, 0.717) is 0 Å². The number of carboxylic acids is 1. The quantitative estimate of drug-likeness (QED) is 0.907. The third-order valence-electron chi connectivity index (χ3n) is 3.37. The van der Waals surface area contributed by atoms with Crippen molar-refractivity contribution < 1.29 is 28.2 Å². The molecule has 0 aliphatic carbocycles. The molecular weight excluding hydrogens is 284 g/mol. The lowest BCUT2D eigenvalue weighted by atomic mass is 10.1. The fourth-order valence-corrected chi connectivity index (χ4v) is 2.23. The largest absolute Gasteiger partial charge is 0.480 e. The van der Waals surface area contributed by atoms with E-state index in [0.717, 1.165) is 6.07 Å². The number of ether oxygens (including phenoxy) is 1. The minimum Gasteiger partial charge on any atom is -0.480 e. The number of aliphatic carboxylic acids is 1. The molecule has 1 aromatic rings. The number of halogens is 2. The molecule has 1 heterocycles. The summed E-state index contributed by atoms with van der Waals surface area (Å²) in [6.45, 7) is 0.390. The average Bonchev–Trinajstić information content (AvgIpc) is 2.48. The molecule has 1 aliphatic rings. The molecule has 1 aliphatic heterocycles. The molecular formula is C14H15F2NO4. The summed E-state index contributed by atoms with van der Waals surface area (Å²) in [4.78, 5) is 24.3. The Bertz CT molecular complexity index is 550. The van der Waals surface area contributed by atoms with Crippen molar-refractivity contribution in [3.63, 3.8) is 0 Å². The van der Waals surface area contributed by atoms with Crippen molar-refractivity contribution in [2.24, 2.45) is 0 Å². The van der Waals surface area contributed by atoms with Crippen LogP contribution in [0.2, 0.25) is 0 Å². The smallest absolute Gasteiger partial charge is 0.328 e. The van der Waals surface area contributed by atoms with E-state index in [1.54, 1.807) is 0 Å². The first-order valence-corrected chi connectivity index (χ1v) is 6.53. The molecule has 0 spiro atoms.